The summed E-state index contributed by atoms with van der Waals surface area (Å²) in [6.45, 7) is 3.15. The molecule has 1 unspecified atom stereocenters. The van der Waals surface area contributed by atoms with Crippen LogP contribution >= 0.6 is 0 Å². The summed E-state index contributed by atoms with van der Waals surface area (Å²) in [7, 11) is 0. The second-order valence-electron chi connectivity index (χ2n) is 4.94. The van der Waals surface area contributed by atoms with Crippen molar-refractivity contribution in [1.82, 2.24) is 10.3 Å². The van der Waals surface area contributed by atoms with Crippen LogP contribution in [0.15, 0.2) is 18.3 Å². The maximum Gasteiger partial charge on any atom is 0.141 e. The molecule has 0 aromatic carbocycles. The molecule has 0 aliphatic heterocycles. The Labute approximate surface area is 103 Å². The molecule has 1 atom stereocenters. The summed E-state index contributed by atoms with van der Waals surface area (Å²) in [6, 6.07) is 3.60. The van der Waals surface area contributed by atoms with Crippen LogP contribution in [0.2, 0.25) is 0 Å². The molecule has 1 fully saturated rings. The summed E-state index contributed by atoms with van der Waals surface area (Å²) in [4.78, 5) is 4.21. The molecule has 0 amide bonds. The van der Waals surface area contributed by atoms with E-state index in [2.05, 4.69) is 17.2 Å². The molecule has 1 aliphatic carbocycles. The summed E-state index contributed by atoms with van der Waals surface area (Å²) in [5, 5.41) is 3.52. The number of pyridine rings is 1. The van der Waals surface area contributed by atoms with Crippen molar-refractivity contribution in [3.05, 3.63) is 29.8 Å². The summed E-state index contributed by atoms with van der Waals surface area (Å²) in [6.07, 6.45) is 7.61. The van der Waals surface area contributed by atoms with Crippen molar-refractivity contribution in [2.75, 3.05) is 6.54 Å². The van der Waals surface area contributed by atoms with E-state index >= 15 is 0 Å². The molecule has 0 spiro atoms. The van der Waals surface area contributed by atoms with Gasteiger partial charge in [-0.05, 0) is 37.4 Å². The molecule has 0 radical (unpaired) electrons. The largest absolute Gasteiger partial charge is 0.309 e. The van der Waals surface area contributed by atoms with Gasteiger partial charge in [0.2, 0.25) is 0 Å². The first-order valence-electron chi connectivity index (χ1n) is 6.64. The number of nitrogens with one attached hydrogen (secondary N) is 1. The number of aromatic nitrogens is 1. The van der Waals surface area contributed by atoms with E-state index in [0.29, 0.717) is 6.04 Å². The zero-order valence-electron chi connectivity index (χ0n) is 10.5. The van der Waals surface area contributed by atoms with Gasteiger partial charge in [-0.25, -0.2) is 4.39 Å². The van der Waals surface area contributed by atoms with Crippen molar-refractivity contribution in [1.29, 1.82) is 0 Å². The number of hydrogen-bond donors (Lipinski definition) is 1. The molecule has 3 heteroatoms. The molecular weight excluding hydrogens is 215 g/mol. The molecule has 1 aliphatic rings. The molecule has 17 heavy (non-hydrogen) atoms. The van der Waals surface area contributed by atoms with Crippen LogP contribution in [0.1, 0.15) is 50.8 Å². The van der Waals surface area contributed by atoms with E-state index in [1.165, 1.54) is 31.5 Å². The molecule has 1 heterocycles. The molecule has 1 aromatic rings. The molecule has 0 bridgehead atoms. The van der Waals surface area contributed by atoms with E-state index in [-0.39, 0.29) is 5.82 Å². The fourth-order valence-electron chi connectivity index (χ4n) is 2.28. The zero-order chi connectivity index (χ0) is 12.1. The smallest absolute Gasteiger partial charge is 0.141 e. The molecule has 2 rings (SSSR count). The Kier molecular flexibility index (Phi) is 4.49. The molecule has 1 saturated carbocycles. The average molecular weight is 236 g/mol. The Bertz CT molecular complexity index is 333. The minimum absolute atomic E-state index is 0.258. The Morgan fingerprint density at radius 2 is 2.29 bits per heavy atom. The van der Waals surface area contributed by atoms with E-state index in [9.17, 15) is 4.39 Å². The molecule has 2 nitrogen and oxygen atoms in total. The topological polar surface area (TPSA) is 24.9 Å². The SMILES string of the molecule is CCCNC(CC1CCC1)c1ccc(F)cn1. The Morgan fingerprint density at radius 1 is 1.47 bits per heavy atom. The van der Waals surface area contributed by atoms with Crippen molar-refractivity contribution in [3.63, 3.8) is 0 Å². The molecule has 1 N–H and O–H groups in total. The van der Waals surface area contributed by atoms with Crippen LogP contribution in [0.5, 0.6) is 0 Å². The van der Waals surface area contributed by atoms with Gasteiger partial charge in [-0.15, -0.1) is 0 Å². The van der Waals surface area contributed by atoms with Gasteiger partial charge in [0.1, 0.15) is 5.82 Å². The summed E-state index contributed by atoms with van der Waals surface area (Å²) in [5.74, 6) is 0.572. The van der Waals surface area contributed by atoms with Gasteiger partial charge in [-0.3, -0.25) is 4.98 Å². The quantitative estimate of drug-likeness (QED) is 0.818. The fourth-order valence-corrected chi connectivity index (χ4v) is 2.28. The van der Waals surface area contributed by atoms with E-state index in [0.717, 1.165) is 31.0 Å². The highest BCUT2D eigenvalue weighted by Gasteiger charge is 2.23. The minimum Gasteiger partial charge on any atom is -0.309 e. The number of hydrogen-bond acceptors (Lipinski definition) is 2. The highest BCUT2D eigenvalue weighted by molar-refractivity contribution is 5.10. The maximum absolute atomic E-state index is 12.9. The van der Waals surface area contributed by atoms with Gasteiger partial charge in [-0.1, -0.05) is 26.2 Å². The first-order chi connectivity index (χ1) is 8.29. The summed E-state index contributed by atoms with van der Waals surface area (Å²) in [5.41, 5.74) is 0.978. The minimum atomic E-state index is -0.258. The Morgan fingerprint density at radius 3 is 2.82 bits per heavy atom. The summed E-state index contributed by atoms with van der Waals surface area (Å²) >= 11 is 0. The number of halogens is 1. The van der Waals surface area contributed by atoms with Crippen molar-refractivity contribution in [2.45, 2.75) is 45.1 Å². The lowest BCUT2D eigenvalue weighted by atomic mass is 9.80. The van der Waals surface area contributed by atoms with Crippen molar-refractivity contribution in [3.8, 4) is 0 Å². The lowest BCUT2D eigenvalue weighted by Crippen LogP contribution is -2.27. The van der Waals surface area contributed by atoms with Gasteiger partial charge < -0.3 is 5.32 Å². The van der Waals surface area contributed by atoms with Crippen molar-refractivity contribution in [2.24, 2.45) is 5.92 Å². The van der Waals surface area contributed by atoms with Gasteiger partial charge in [0, 0.05) is 6.04 Å². The van der Waals surface area contributed by atoms with Gasteiger partial charge in [-0.2, -0.15) is 0 Å². The van der Waals surface area contributed by atoms with Gasteiger partial charge in [0.25, 0.3) is 0 Å². The normalized spacial score (nSPS) is 17.8. The Balaban J connectivity index is 1.99. The van der Waals surface area contributed by atoms with Gasteiger partial charge in [0.15, 0.2) is 0 Å². The van der Waals surface area contributed by atoms with Crippen LogP contribution in [-0.4, -0.2) is 11.5 Å². The second-order valence-corrected chi connectivity index (χ2v) is 4.94. The number of rotatable bonds is 6. The third-order valence-corrected chi connectivity index (χ3v) is 3.54. The van der Waals surface area contributed by atoms with E-state index in [1.54, 1.807) is 6.07 Å². The molecule has 0 saturated heterocycles. The molecule has 1 aromatic heterocycles. The monoisotopic (exact) mass is 236 g/mol. The molecule has 94 valence electrons. The fraction of sp³-hybridized carbons (Fsp3) is 0.643. The second kappa shape index (κ2) is 6.10. The van der Waals surface area contributed by atoms with Gasteiger partial charge >= 0.3 is 0 Å². The van der Waals surface area contributed by atoms with Crippen LogP contribution in [0, 0.1) is 11.7 Å². The highest BCUT2D eigenvalue weighted by atomic mass is 19.1. The van der Waals surface area contributed by atoms with Crippen LogP contribution < -0.4 is 5.32 Å². The van der Waals surface area contributed by atoms with E-state index in [1.807, 2.05) is 0 Å². The van der Waals surface area contributed by atoms with E-state index < -0.39 is 0 Å². The third-order valence-electron chi connectivity index (χ3n) is 3.54. The van der Waals surface area contributed by atoms with E-state index in [4.69, 9.17) is 0 Å². The van der Waals surface area contributed by atoms with Crippen LogP contribution in [0.25, 0.3) is 0 Å². The van der Waals surface area contributed by atoms with Crippen LogP contribution in [0.4, 0.5) is 4.39 Å². The number of nitrogens with zero attached hydrogens (tertiary/aromatic N) is 1. The maximum atomic E-state index is 12.9. The lowest BCUT2D eigenvalue weighted by Gasteiger charge is -2.30. The molecular formula is C14H21FN2. The summed E-state index contributed by atoms with van der Waals surface area (Å²) < 4.78 is 12.9. The average Bonchev–Trinajstić information content (AvgIpc) is 2.28. The van der Waals surface area contributed by atoms with Gasteiger partial charge in [0.05, 0.1) is 11.9 Å². The third kappa shape index (κ3) is 3.50. The standard InChI is InChI=1S/C14H21FN2/c1-2-8-16-14(9-11-4-3-5-11)13-7-6-12(15)10-17-13/h6-7,10-11,14,16H,2-5,8-9H2,1H3. The zero-order valence-corrected chi connectivity index (χ0v) is 10.5. The van der Waals surface area contributed by atoms with Crippen LogP contribution in [0.3, 0.4) is 0 Å². The van der Waals surface area contributed by atoms with Crippen molar-refractivity contribution >= 4 is 0 Å². The highest BCUT2D eigenvalue weighted by Crippen LogP contribution is 2.34. The first kappa shape index (κ1) is 12.5. The van der Waals surface area contributed by atoms with Crippen LogP contribution in [-0.2, 0) is 0 Å². The predicted molar refractivity (Wildman–Crippen MR) is 67.2 cm³/mol. The predicted octanol–water partition coefficient (Wildman–Crippen LogP) is 3.45. The van der Waals surface area contributed by atoms with Crippen molar-refractivity contribution < 1.29 is 4.39 Å². The Hall–Kier alpha value is -0.960. The first-order valence-corrected chi connectivity index (χ1v) is 6.64. The lowest BCUT2D eigenvalue weighted by molar-refractivity contribution is 0.259.